The van der Waals surface area contributed by atoms with E-state index >= 15 is 0 Å². The van der Waals surface area contributed by atoms with Crippen LogP contribution in [-0.2, 0) is 0 Å². The first-order valence-corrected chi connectivity index (χ1v) is 6.17. The minimum Gasteiger partial charge on any atom is -0.0984 e. The van der Waals surface area contributed by atoms with E-state index < -0.39 is 0 Å². The van der Waals surface area contributed by atoms with Crippen LogP contribution in [0.2, 0.25) is 0 Å². The Bertz CT molecular complexity index is 589. The fraction of sp³-hybridized carbons (Fsp3) is 0.111. The van der Waals surface area contributed by atoms with Gasteiger partial charge in [0.05, 0.1) is 0 Å². The number of aryl methyl sites for hydroxylation is 2. The molecule has 18 heavy (non-hydrogen) atoms. The van der Waals surface area contributed by atoms with E-state index in [0.717, 1.165) is 0 Å². The Kier molecular flexibility index (Phi) is 3.78. The summed E-state index contributed by atoms with van der Waals surface area (Å²) in [6, 6.07) is 14.8. The highest BCUT2D eigenvalue weighted by Gasteiger charge is 1.98. The molecule has 2 aromatic carbocycles. The van der Waals surface area contributed by atoms with Gasteiger partial charge in [-0.2, -0.15) is 0 Å². The van der Waals surface area contributed by atoms with Gasteiger partial charge in [-0.3, -0.25) is 0 Å². The van der Waals surface area contributed by atoms with Crippen LogP contribution in [0.4, 0.5) is 0 Å². The highest BCUT2D eigenvalue weighted by atomic mass is 14.0. The molecule has 0 fully saturated rings. The average Bonchev–Trinajstić information content (AvgIpc) is 2.37. The molecule has 0 nitrogen and oxygen atoms in total. The van der Waals surface area contributed by atoms with Crippen LogP contribution in [0.3, 0.4) is 0 Å². The third kappa shape index (κ3) is 2.78. The van der Waals surface area contributed by atoms with Gasteiger partial charge in [0.25, 0.3) is 0 Å². The molecule has 0 amide bonds. The van der Waals surface area contributed by atoms with Crippen LogP contribution in [0.15, 0.2) is 49.0 Å². The second kappa shape index (κ2) is 5.50. The number of rotatable bonds is 3. The van der Waals surface area contributed by atoms with E-state index in [1.54, 1.807) is 0 Å². The van der Waals surface area contributed by atoms with Crippen molar-refractivity contribution in [2.45, 2.75) is 13.8 Å². The van der Waals surface area contributed by atoms with E-state index in [1.807, 2.05) is 6.08 Å². The van der Waals surface area contributed by atoms with Crippen LogP contribution < -0.4 is 0 Å². The number of hydrogen-bond donors (Lipinski definition) is 0. The first kappa shape index (κ1) is 12.4. The lowest BCUT2D eigenvalue weighted by Gasteiger charge is -2.05. The Labute approximate surface area is 109 Å². The first-order valence-electron chi connectivity index (χ1n) is 6.17. The number of benzene rings is 2. The SMILES string of the molecule is C=Cc1cccc(C)c1C=Cc1cccc(C)c1. The molecule has 2 aromatic rings. The normalized spacial score (nSPS) is 10.8. The lowest BCUT2D eigenvalue weighted by atomic mass is 10.0. The molecule has 0 bridgehead atoms. The summed E-state index contributed by atoms with van der Waals surface area (Å²) in [7, 11) is 0. The van der Waals surface area contributed by atoms with Gasteiger partial charge in [-0.15, -0.1) is 0 Å². The molecule has 0 aliphatic rings. The van der Waals surface area contributed by atoms with Gasteiger partial charge in [-0.05, 0) is 36.1 Å². The van der Waals surface area contributed by atoms with Crippen molar-refractivity contribution < 1.29 is 0 Å². The molecule has 0 heteroatoms. The van der Waals surface area contributed by atoms with E-state index in [2.05, 4.69) is 75.0 Å². The van der Waals surface area contributed by atoms with Crippen molar-refractivity contribution in [3.05, 3.63) is 76.9 Å². The van der Waals surface area contributed by atoms with E-state index in [1.165, 1.54) is 27.8 Å². The van der Waals surface area contributed by atoms with Crippen molar-refractivity contribution >= 4 is 18.2 Å². The van der Waals surface area contributed by atoms with Crippen molar-refractivity contribution in [2.24, 2.45) is 0 Å². The molecule has 0 saturated heterocycles. The molecule has 0 spiro atoms. The quantitative estimate of drug-likeness (QED) is 0.647. The summed E-state index contributed by atoms with van der Waals surface area (Å²) in [5.41, 5.74) is 6.21. The predicted molar refractivity (Wildman–Crippen MR) is 81.4 cm³/mol. The summed E-state index contributed by atoms with van der Waals surface area (Å²) < 4.78 is 0. The summed E-state index contributed by atoms with van der Waals surface area (Å²) >= 11 is 0. The molecule has 90 valence electrons. The Hall–Kier alpha value is -2.08. The van der Waals surface area contributed by atoms with Crippen molar-refractivity contribution in [1.82, 2.24) is 0 Å². The Morgan fingerprint density at radius 1 is 0.944 bits per heavy atom. The van der Waals surface area contributed by atoms with Gasteiger partial charge in [0.1, 0.15) is 0 Å². The van der Waals surface area contributed by atoms with Crippen LogP contribution >= 0.6 is 0 Å². The maximum absolute atomic E-state index is 3.87. The molecule has 0 unspecified atom stereocenters. The van der Waals surface area contributed by atoms with Crippen LogP contribution in [0.1, 0.15) is 27.8 Å². The fourth-order valence-corrected chi connectivity index (χ4v) is 2.06. The molecular weight excluding hydrogens is 216 g/mol. The maximum Gasteiger partial charge on any atom is -0.0155 e. The Balaban J connectivity index is 2.37. The second-order valence-electron chi connectivity index (χ2n) is 4.53. The zero-order chi connectivity index (χ0) is 13.0. The zero-order valence-electron chi connectivity index (χ0n) is 11.0. The van der Waals surface area contributed by atoms with Gasteiger partial charge >= 0.3 is 0 Å². The monoisotopic (exact) mass is 234 g/mol. The second-order valence-corrected chi connectivity index (χ2v) is 4.53. The average molecular weight is 234 g/mol. The molecular formula is C18H18. The molecule has 0 heterocycles. The first-order chi connectivity index (χ1) is 8.70. The van der Waals surface area contributed by atoms with Crippen molar-refractivity contribution in [2.75, 3.05) is 0 Å². The van der Waals surface area contributed by atoms with Gasteiger partial charge in [-0.25, -0.2) is 0 Å². The van der Waals surface area contributed by atoms with Crippen LogP contribution in [-0.4, -0.2) is 0 Å². The van der Waals surface area contributed by atoms with Crippen LogP contribution in [0, 0.1) is 13.8 Å². The molecule has 2 rings (SSSR count). The largest absolute Gasteiger partial charge is 0.0984 e. The topological polar surface area (TPSA) is 0 Å². The van der Waals surface area contributed by atoms with E-state index in [4.69, 9.17) is 0 Å². The third-order valence-corrected chi connectivity index (χ3v) is 3.06. The molecule has 0 aliphatic carbocycles. The molecule has 0 atom stereocenters. The summed E-state index contributed by atoms with van der Waals surface area (Å²) in [6.07, 6.45) is 6.23. The lowest BCUT2D eigenvalue weighted by Crippen LogP contribution is -1.85. The van der Waals surface area contributed by atoms with E-state index in [9.17, 15) is 0 Å². The van der Waals surface area contributed by atoms with E-state index in [0.29, 0.717) is 0 Å². The highest BCUT2D eigenvalue weighted by molar-refractivity contribution is 5.76. The Morgan fingerprint density at radius 3 is 2.44 bits per heavy atom. The maximum atomic E-state index is 3.87. The van der Waals surface area contributed by atoms with Gasteiger partial charge in [0.2, 0.25) is 0 Å². The smallest absolute Gasteiger partial charge is 0.0155 e. The van der Waals surface area contributed by atoms with Crippen LogP contribution in [0.5, 0.6) is 0 Å². The zero-order valence-corrected chi connectivity index (χ0v) is 11.0. The molecule has 0 saturated carbocycles. The van der Waals surface area contributed by atoms with Gasteiger partial charge in [-0.1, -0.05) is 72.8 Å². The predicted octanol–water partition coefficient (Wildman–Crippen LogP) is 5.12. The van der Waals surface area contributed by atoms with Crippen molar-refractivity contribution in [1.29, 1.82) is 0 Å². The van der Waals surface area contributed by atoms with Gasteiger partial charge in [0, 0.05) is 0 Å². The van der Waals surface area contributed by atoms with E-state index in [-0.39, 0.29) is 0 Å². The van der Waals surface area contributed by atoms with Crippen molar-refractivity contribution in [3.63, 3.8) is 0 Å². The minimum atomic E-state index is 1.18. The van der Waals surface area contributed by atoms with Crippen LogP contribution in [0.25, 0.3) is 18.2 Å². The molecule has 0 aliphatic heterocycles. The third-order valence-electron chi connectivity index (χ3n) is 3.06. The summed E-state index contributed by atoms with van der Waals surface area (Å²) in [4.78, 5) is 0. The lowest BCUT2D eigenvalue weighted by molar-refractivity contribution is 1.43. The number of hydrogen-bond acceptors (Lipinski definition) is 0. The van der Waals surface area contributed by atoms with Gasteiger partial charge < -0.3 is 0 Å². The minimum absolute atomic E-state index is 1.18. The molecule has 0 radical (unpaired) electrons. The fourth-order valence-electron chi connectivity index (χ4n) is 2.06. The standard InChI is InChI=1S/C18H18/c1-4-17-10-6-8-15(3)18(17)12-11-16-9-5-7-14(2)13-16/h4-13H,1H2,2-3H3. The molecule has 0 aromatic heterocycles. The Morgan fingerprint density at radius 2 is 1.72 bits per heavy atom. The summed E-state index contributed by atoms with van der Waals surface area (Å²) in [5.74, 6) is 0. The van der Waals surface area contributed by atoms with Gasteiger partial charge in [0.15, 0.2) is 0 Å². The highest BCUT2D eigenvalue weighted by Crippen LogP contribution is 2.19. The van der Waals surface area contributed by atoms with Crippen molar-refractivity contribution in [3.8, 4) is 0 Å². The summed E-state index contributed by atoms with van der Waals surface area (Å²) in [6.45, 7) is 8.11. The summed E-state index contributed by atoms with van der Waals surface area (Å²) in [5, 5.41) is 0. The molecule has 0 N–H and O–H groups in total.